The quantitative estimate of drug-likeness (QED) is 0.202. The first-order chi connectivity index (χ1) is 20.7. The van der Waals surface area contributed by atoms with E-state index in [-0.39, 0.29) is 45.2 Å². The molecule has 4 heterocycles. The highest BCUT2D eigenvalue weighted by Gasteiger charge is 2.16. The molecular formula is C32H22N4O7. The van der Waals surface area contributed by atoms with Crippen LogP contribution in [0.1, 0.15) is 42.2 Å². The molecule has 11 heteroatoms. The van der Waals surface area contributed by atoms with E-state index in [0.29, 0.717) is 17.0 Å². The van der Waals surface area contributed by atoms with Gasteiger partial charge in [-0.3, -0.25) is 9.97 Å². The minimum absolute atomic E-state index is 0.0187. The molecule has 5 rings (SSSR count). The van der Waals surface area contributed by atoms with Crippen molar-refractivity contribution >= 4 is 30.1 Å². The van der Waals surface area contributed by atoms with Gasteiger partial charge in [-0.25, -0.2) is 24.4 Å². The number of methoxy groups -OCH3 is 1. The van der Waals surface area contributed by atoms with Crippen molar-refractivity contribution in [1.82, 2.24) is 19.9 Å². The van der Waals surface area contributed by atoms with Crippen molar-refractivity contribution in [3.05, 3.63) is 113 Å². The van der Waals surface area contributed by atoms with Gasteiger partial charge in [-0.1, -0.05) is 24.3 Å². The Bertz CT molecular complexity index is 1900. The second-order valence-corrected chi connectivity index (χ2v) is 9.18. The van der Waals surface area contributed by atoms with Crippen molar-refractivity contribution in [2.45, 2.75) is 0 Å². The maximum atomic E-state index is 12.1. The highest BCUT2D eigenvalue weighted by atomic mass is 16.5. The SMILES string of the molecule is COc1ccc(/C=C/c2cc(-c3cc(C(=O)O)ccn3)nc(-c3cc(C(=O)O)cc(-c4cc(C(=O)O)ccn4)n3)c2)cc1. The molecule has 11 nitrogen and oxygen atoms in total. The predicted octanol–water partition coefficient (Wildman–Crippen LogP) is 5.54. The molecule has 0 bridgehead atoms. The molecule has 0 atom stereocenters. The first-order valence-corrected chi connectivity index (χ1v) is 12.7. The van der Waals surface area contributed by atoms with E-state index in [1.807, 2.05) is 36.4 Å². The van der Waals surface area contributed by atoms with Crippen LogP contribution in [0.5, 0.6) is 5.75 Å². The summed E-state index contributed by atoms with van der Waals surface area (Å²) in [5, 5.41) is 28.7. The minimum atomic E-state index is -1.23. The van der Waals surface area contributed by atoms with Crippen LogP contribution in [0.3, 0.4) is 0 Å². The van der Waals surface area contributed by atoms with Crippen LogP contribution >= 0.6 is 0 Å². The van der Waals surface area contributed by atoms with Gasteiger partial charge in [0, 0.05) is 12.4 Å². The Morgan fingerprint density at radius 3 is 1.47 bits per heavy atom. The third-order valence-electron chi connectivity index (χ3n) is 6.31. The van der Waals surface area contributed by atoms with Gasteiger partial charge < -0.3 is 20.1 Å². The molecule has 0 aliphatic carbocycles. The summed E-state index contributed by atoms with van der Waals surface area (Å²) in [5.41, 5.74) is 2.74. The number of carboxylic acid groups (broad SMARTS) is 3. The molecule has 0 saturated heterocycles. The summed E-state index contributed by atoms with van der Waals surface area (Å²) in [6.45, 7) is 0. The fraction of sp³-hybridized carbons (Fsp3) is 0.0312. The summed E-state index contributed by atoms with van der Waals surface area (Å²) in [4.78, 5) is 52.9. The summed E-state index contributed by atoms with van der Waals surface area (Å²) in [6.07, 6.45) is 6.34. The molecule has 0 saturated carbocycles. The number of hydrogen-bond acceptors (Lipinski definition) is 8. The number of pyridine rings is 4. The van der Waals surface area contributed by atoms with Crippen molar-refractivity contribution in [3.63, 3.8) is 0 Å². The summed E-state index contributed by atoms with van der Waals surface area (Å²) in [5.74, 6) is -2.82. The van der Waals surface area contributed by atoms with Crippen molar-refractivity contribution in [3.8, 4) is 39.9 Å². The molecule has 0 aliphatic rings. The molecule has 0 spiro atoms. The van der Waals surface area contributed by atoms with Gasteiger partial charge in [0.25, 0.3) is 0 Å². The summed E-state index contributed by atoms with van der Waals surface area (Å²) in [7, 11) is 1.58. The second-order valence-electron chi connectivity index (χ2n) is 9.18. The topological polar surface area (TPSA) is 173 Å². The van der Waals surface area contributed by atoms with Gasteiger partial charge in [0.15, 0.2) is 0 Å². The lowest BCUT2D eigenvalue weighted by Crippen LogP contribution is -2.03. The van der Waals surface area contributed by atoms with Gasteiger partial charge in [0.2, 0.25) is 0 Å². The van der Waals surface area contributed by atoms with E-state index in [1.54, 1.807) is 19.2 Å². The molecule has 0 aliphatic heterocycles. The molecule has 43 heavy (non-hydrogen) atoms. The Labute approximate surface area is 244 Å². The standard InChI is InChI=1S/C32H22N4O7/c1-43-23-6-4-18(5-7-23)2-3-19-12-26(24-14-20(30(37)38)8-10-33-24)35-27(13-19)29-17-22(32(41)42)16-28(36-29)25-15-21(31(39)40)9-11-34-25/h2-17H,1H3,(H,37,38)(H,39,40)(H,41,42)/b3-2+. The lowest BCUT2D eigenvalue weighted by molar-refractivity contribution is 0.0686. The number of carbonyl (C=O) groups is 3. The predicted molar refractivity (Wildman–Crippen MR) is 157 cm³/mol. The smallest absolute Gasteiger partial charge is 0.335 e. The van der Waals surface area contributed by atoms with Crippen molar-refractivity contribution in [1.29, 1.82) is 0 Å². The van der Waals surface area contributed by atoms with E-state index in [1.165, 1.54) is 48.8 Å². The first kappa shape index (κ1) is 28.3. The molecule has 0 radical (unpaired) electrons. The number of aromatic carboxylic acids is 3. The Kier molecular flexibility index (Phi) is 7.97. The van der Waals surface area contributed by atoms with Crippen molar-refractivity contribution in [2.75, 3.05) is 7.11 Å². The summed E-state index contributed by atoms with van der Waals surface area (Å²) >= 11 is 0. The van der Waals surface area contributed by atoms with E-state index in [4.69, 9.17) is 4.74 Å². The Morgan fingerprint density at radius 2 is 0.977 bits per heavy atom. The number of ether oxygens (including phenoxy) is 1. The molecule has 3 N–H and O–H groups in total. The van der Waals surface area contributed by atoms with Crippen LogP contribution in [0.2, 0.25) is 0 Å². The third kappa shape index (κ3) is 6.57. The minimum Gasteiger partial charge on any atom is -0.497 e. The Balaban J connectivity index is 1.67. The highest BCUT2D eigenvalue weighted by Crippen LogP contribution is 2.28. The van der Waals surface area contributed by atoms with Gasteiger partial charge >= 0.3 is 17.9 Å². The van der Waals surface area contributed by atoms with E-state index >= 15 is 0 Å². The molecule has 1 aromatic carbocycles. The maximum Gasteiger partial charge on any atom is 0.335 e. The zero-order valence-electron chi connectivity index (χ0n) is 22.5. The number of aromatic nitrogens is 4. The first-order valence-electron chi connectivity index (χ1n) is 12.7. The van der Waals surface area contributed by atoms with Gasteiger partial charge in [-0.15, -0.1) is 0 Å². The molecule has 0 unspecified atom stereocenters. The Morgan fingerprint density at radius 1 is 0.558 bits per heavy atom. The summed E-state index contributed by atoms with van der Waals surface area (Å²) < 4.78 is 5.21. The van der Waals surface area contributed by atoms with Crippen LogP contribution in [0.4, 0.5) is 0 Å². The normalized spacial score (nSPS) is 10.9. The number of rotatable bonds is 9. The molecule has 0 fully saturated rings. The Hall–Kier alpha value is -6.23. The molecule has 4 aromatic heterocycles. The molecule has 5 aromatic rings. The second kappa shape index (κ2) is 12.1. The van der Waals surface area contributed by atoms with E-state index in [2.05, 4.69) is 19.9 Å². The van der Waals surface area contributed by atoms with Gasteiger partial charge in [0.1, 0.15) is 5.75 Å². The number of hydrogen-bond donors (Lipinski definition) is 3. The highest BCUT2D eigenvalue weighted by molar-refractivity contribution is 5.92. The lowest BCUT2D eigenvalue weighted by atomic mass is 10.0. The van der Waals surface area contributed by atoms with Crippen LogP contribution in [-0.2, 0) is 0 Å². The van der Waals surface area contributed by atoms with Gasteiger partial charge in [-0.2, -0.15) is 0 Å². The van der Waals surface area contributed by atoms with E-state index in [9.17, 15) is 29.7 Å². The number of carboxylic acids is 3. The average molecular weight is 575 g/mol. The van der Waals surface area contributed by atoms with Crippen LogP contribution in [0, 0.1) is 0 Å². The zero-order chi connectivity index (χ0) is 30.5. The molecule has 212 valence electrons. The van der Waals surface area contributed by atoms with Crippen LogP contribution in [0.15, 0.2) is 85.2 Å². The number of benzene rings is 1. The van der Waals surface area contributed by atoms with Gasteiger partial charge in [0.05, 0.1) is 58.0 Å². The molecular weight excluding hydrogens is 552 g/mol. The average Bonchev–Trinajstić information content (AvgIpc) is 3.03. The molecule has 0 amide bonds. The number of nitrogens with zero attached hydrogens (tertiary/aromatic N) is 4. The zero-order valence-corrected chi connectivity index (χ0v) is 22.5. The lowest BCUT2D eigenvalue weighted by Gasteiger charge is -2.10. The summed E-state index contributed by atoms with van der Waals surface area (Å²) in [6, 6.07) is 18.8. The fourth-order valence-corrected chi connectivity index (χ4v) is 4.14. The van der Waals surface area contributed by atoms with Crippen LogP contribution in [-0.4, -0.2) is 60.3 Å². The van der Waals surface area contributed by atoms with Gasteiger partial charge in [-0.05, 0) is 71.8 Å². The van der Waals surface area contributed by atoms with Crippen LogP contribution < -0.4 is 4.74 Å². The third-order valence-corrected chi connectivity index (χ3v) is 6.31. The van der Waals surface area contributed by atoms with Crippen molar-refractivity contribution < 1.29 is 34.4 Å². The van der Waals surface area contributed by atoms with Crippen molar-refractivity contribution in [2.24, 2.45) is 0 Å². The monoisotopic (exact) mass is 574 g/mol. The van der Waals surface area contributed by atoms with E-state index in [0.717, 1.165) is 5.56 Å². The largest absolute Gasteiger partial charge is 0.497 e. The maximum absolute atomic E-state index is 12.1. The fourth-order valence-electron chi connectivity index (χ4n) is 4.14. The van der Waals surface area contributed by atoms with Crippen LogP contribution in [0.25, 0.3) is 46.3 Å². The van der Waals surface area contributed by atoms with E-state index < -0.39 is 17.9 Å².